The molecule has 19 heavy (non-hydrogen) atoms. The van der Waals surface area contributed by atoms with Gasteiger partial charge in [-0.25, -0.2) is 0 Å². The first-order valence-electron chi connectivity index (χ1n) is 7.90. The van der Waals surface area contributed by atoms with Gasteiger partial charge in [-0.2, -0.15) is 11.8 Å². The van der Waals surface area contributed by atoms with Crippen LogP contribution in [0.15, 0.2) is 0 Å². The van der Waals surface area contributed by atoms with Crippen LogP contribution < -0.4 is 5.32 Å². The minimum absolute atomic E-state index is 0.691. The topological polar surface area (TPSA) is 15.3 Å². The van der Waals surface area contributed by atoms with Gasteiger partial charge in [0.15, 0.2) is 0 Å². The van der Waals surface area contributed by atoms with E-state index < -0.39 is 0 Å². The van der Waals surface area contributed by atoms with Crippen molar-refractivity contribution >= 4 is 11.8 Å². The summed E-state index contributed by atoms with van der Waals surface area (Å²) in [4.78, 5) is 2.76. The van der Waals surface area contributed by atoms with Crippen LogP contribution in [0.25, 0.3) is 0 Å². The summed E-state index contributed by atoms with van der Waals surface area (Å²) in [6, 6.07) is 1.41. The lowest BCUT2D eigenvalue weighted by Gasteiger charge is -2.44. The first-order chi connectivity index (χ1) is 8.93. The maximum atomic E-state index is 3.77. The highest BCUT2D eigenvalue weighted by molar-refractivity contribution is 7.98. The number of rotatable bonds is 7. The highest BCUT2D eigenvalue weighted by Gasteiger charge is 2.30. The van der Waals surface area contributed by atoms with E-state index in [0.29, 0.717) is 12.1 Å². The van der Waals surface area contributed by atoms with Crippen LogP contribution in [-0.4, -0.2) is 48.6 Å². The molecule has 0 aliphatic carbocycles. The number of nitrogens with one attached hydrogen (secondary N) is 1. The van der Waals surface area contributed by atoms with Crippen molar-refractivity contribution in [1.82, 2.24) is 10.2 Å². The van der Waals surface area contributed by atoms with Crippen molar-refractivity contribution in [2.45, 2.75) is 53.1 Å². The quantitative estimate of drug-likeness (QED) is 0.773. The molecule has 1 fully saturated rings. The lowest BCUT2D eigenvalue weighted by atomic mass is 9.94. The van der Waals surface area contributed by atoms with Crippen molar-refractivity contribution in [2.75, 3.05) is 31.6 Å². The second-order valence-corrected chi connectivity index (χ2v) is 7.97. The van der Waals surface area contributed by atoms with Gasteiger partial charge in [-0.05, 0) is 36.2 Å². The van der Waals surface area contributed by atoms with Crippen LogP contribution in [0.3, 0.4) is 0 Å². The Bertz CT molecular complexity index is 243. The van der Waals surface area contributed by atoms with Crippen LogP contribution in [0.5, 0.6) is 0 Å². The van der Waals surface area contributed by atoms with Crippen LogP contribution in [0.1, 0.15) is 41.0 Å². The number of piperazine rings is 1. The third kappa shape index (κ3) is 6.05. The van der Waals surface area contributed by atoms with Crippen LogP contribution in [0.2, 0.25) is 0 Å². The van der Waals surface area contributed by atoms with Gasteiger partial charge >= 0.3 is 0 Å². The molecule has 0 saturated carbocycles. The summed E-state index contributed by atoms with van der Waals surface area (Å²) in [5.41, 5.74) is 0. The Labute approximate surface area is 125 Å². The molecule has 0 spiro atoms. The van der Waals surface area contributed by atoms with E-state index in [9.17, 15) is 0 Å². The molecular formula is C16H34N2S. The third-order valence-electron chi connectivity index (χ3n) is 4.06. The van der Waals surface area contributed by atoms with E-state index in [2.05, 4.69) is 51.1 Å². The van der Waals surface area contributed by atoms with E-state index in [-0.39, 0.29) is 0 Å². The zero-order chi connectivity index (χ0) is 14.4. The average Bonchev–Trinajstić information content (AvgIpc) is 2.28. The zero-order valence-corrected chi connectivity index (χ0v) is 14.6. The van der Waals surface area contributed by atoms with Gasteiger partial charge in [0, 0.05) is 31.7 Å². The summed E-state index contributed by atoms with van der Waals surface area (Å²) in [5.74, 6) is 3.62. The molecule has 0 aromatic rings. The van der Waals surface area contributed by atoms with Crippen LogP contribution in [0.4, 0.5) is 0 Å². The van der Waals surface area contributed by atoms with Gasteiger partial charge in [0.25, 0.3) is 0 Å². The molecule has 0 radical (unpaired) electrons. The SMILES string of the molecule is CSCC(C)CN1CC(CC(C)C)NCC1C(C)C. The van der Waals surface area contributed by atoms with Crippen LogP contribution in [-0.2, 0) is 0 Å². The molecule has 0 aromatic carbocycles. The minimum Gasteiger partial charge on any atom is -0.311 e. The van der Waals surface area contributed by atoms with Gasteiger partial charge in [-0.3, -0.25) is 4.90 Å². The van der Waals surface area contributed by atoms with Gasteiger partial charge in [-0.1, -0.05) is 34.6 Å². The lowest BCUT2D eigenvalue weighted by Crippen LogP contribution is -2.59. The van der Waals surface area contributed by atoms with Crippen molar-refractivity contribution in [3.8, 4) is 0 Å². The van der Waals surface area contributed by atoms with Crippen molar-refractivity contribution in [3.05, 3.63) is 0 Å². The summed E-state index contributed by atoms with van der Waals surface area (Å²) in [7, 11) is 0. The normalized spacial score (nSPS) is 27.2. The predicted octanol–water partition coefficient (Wildman–Crippen LogP) is 3.33. The molecule has 1 aliphatic heterocycles. The zero-order valence-electron chi connectivity index (χ0n) is 13.8. The fourth-order valence-corrected chi connectivity index (χ4v) is 3.91. The van der Waals surface area contributed by atoms with E-state index in [1.807, 2.05) is 11.8 Å². The molecule has 0 amide bonds. The Morgan fingerprint density at radius 1 is 1.21 bits per heavy atom. The first-order valence-corrected chi connectivity index (χ1v) is 9.29. The average molecular weight is 287 g/mol. The van der Waals surface area contributed by atoms with Crippen LogP contribution >= 0.6 is 11.8 Å². The fraction of sp³-hybridized carbons (Fsp3) is 1.00. The highest BCUT2D eigenvalue weighted by atomic mass is 32.2. The van der Waals surface area contributed by atoms with Gasteiger partial charge in [0.1, 0.15) is 0 Å². The standard InChI is InChI=1S/C16H34N2S/c1-12(2)7-15-10-18(9-14(5)11-19-6)16(8-17-15)13(3)4/h12-17H,7-11H2,1-6H3. The van der Waals surface area contributed by atoms with Gasteiger partial charge in [0.2, 0.25) is 0 Å². The van der Waals surface area contributed by atoms with Gasteiger partial charge < -0.3 is 5.32 Å². The summed E-state index contributed by atoms with van der Waals surface area (Å²) >= 11 is 1.98. The second kappa shape index (κ2) is 8.53. The van der Waals surface area contributed by atoms with Crippen molar-refractivity contribution in [3.63, 3.8) is 0 Å². The van der Waals surface area contributed by atoms with Crippen LogP contribution in [0, 0.1) is 17.8 Å². The predicted molar refractivity (Wildman–Crippen MR) is 89.0 cm³/mol. The summed E-state index contributed by atoms with van der Waals surface area (Å²) in [6.45, 7) is 15.4. The Morgan fingerprint density at radius 3 is 2.42 bits per heavy atom. The Kier molecular flexibility index (Phi) is 7.78. The number of nitrogens with zero attached hydrogens (tertiary/aromatic N) is 1. The molecule has 1 N–H and O–H groups in total. The Morgan fingerprint density at radius 2 is 1.89 bits per heavy atom. The maximum absolute atomic E-state index is 3.77. The van der Waals surface area contributed by atoms with E-state index in [4.69, 9.17) is 0 Å². The second-order valence-electron chi connectivity index (χ2n) is 7.06. The largest absolute Gasteiger partial charge is 0.311 e. The molecule has 1 heterocycles. The van der Waals surface area contributed by atoms with Crippen molar-refractivity contribution in [1.29, 1.82) is 0 Å². The van der Waals surface area contributed by atoms with Crippen molar-refractivity contribution < 1.29 is 0 Å². The molecule has 2 nitrogen and oxygen atoms in total. The molecule has 1 aliphatic rings. The first kappa shape index (κ1) is 17.3. The Hall–Kier alpha value is 0.270. The molecule has 3 atom stereocenters. The van der Waals surface area contributed by atoms with E-state index >= 15 is 0 Å². The number of thioether (sulfide) groups is 1. The Balaban J connectivity index is 2.57. The molecule has 0 aromatic heterocycles. The third-order valence-corrected chi connectivity index (χ3v) is 4.96. The molecule has 3 unspecified atom stereocenters. The molecule has 1 saturated heterocycles. The monoisotopic (exact) mass is 286 g/mol. The molecule has 114 valence electrons. The lowest BCUT2D eigenvalue weighted by molar-refractivity contribution is 0.0815. The van der Waals surface area contributed by atoms with E-state index in [1.54, 1.807) is 0 Å². The summed E-state index contributed by atoms with van der Waals surface area (Å²) in [6.07, 6.45) is 3.52. The van der Waals surface area contributed by atoms with Crippen molar-refractivity contribution in [2.24, 2.45) is 17.8 Å². The molecular weight excluding hydrogens is 252 g/mol. The fourth-order valence-electron chi connectivity index (χ4n) is 3.23. The molecule has 0 bridgehead atoms. The van der Waals surface area contributed by atoms with E-state index in [1.165, 1.54) is 31.8 Å². The number of hydrogen-bond donors (Lipinski definition) is 1. The minimum atomic E-state index is 0.691. The molecule has 3 heteroatoms. The highest BCUT2D eigenvalue weighted by Crippen LogP contribution is 2.20. The summed E-state index contributed by atoms with van der Waals surface area (Å²) in [5, 5.41) is 3.77. The number of hydrogen-bond acceptors (Lipinski definition) is 3. The smallest absolute Gasteiger partial charge is 0.0244 e. The van der Waals surface area contributed by atoms with Gasteiger partial charge in [0.05, 0.1) is 0 Å². The van der Waals surface area contributed by atoms with Gasteiger partial charge in [-0.15, -0.1) is 0 Å². The molecule has 1 rings (SSSR count). The van der Waals surface area contributed by atoms with E-state index in [0.717, 1.165) is 17.8 Å². The maximum Gasteiger partial charge on any atom is 0.0244 e. The summed E-state index contributed by atoms with van der Waals surface area (Å²) < 4.78 is 0.